The summed E-state index contributed by atoms with van der Waals surface area (Å²) in [7, 11) is 0. The zero-order valence-electron chi connectivity index (χ0n) is 7.26. The van der Waals surface area contributed by atoms with E-state index >= 15 is 0 Å². The van der Waals surface area contributed by atoms with Crippen LogP contribution in [0.2, 0.25) is 0 Å². The predicted molar refractivity (Wildman–Crippen MR) is 57.7 cm³/mol. The zero-order chi connectivity index (χ0) is 9.26. The molecule has 0 amide bonds. The quantitative estimate of drug-likeness (QED) is 0.798. The molecule has 0 fully saturated rings. The number of fused-ring (bicyclic) bond motifs is 1. The van der Waals surface area contributed by atoms with Crippen LogP contribution in [0.3, 0.4) is 0 Å². The minimum atomic E-state index is 0.123. The maximum absolute atomic E-state index is 9.22. The first-order valence-corrected chi connectivity index (χ1v) is 5.19. The Balaban J connectivity index is 2.55. The fraction of sp³-hybridized carbons (Fsp3) is 0.273. The van der Waals surface area contributed by atoms with Crippen molar-refractivity contribution in [3.8, 4) is 0 Å². The van der Waals surface area contributed by atoms with E-state index in [9.17, 15) is 5.11 Å². The molecule has 68 valence electrons. The van der Waals surface area contributed by atoms with Gasteiger partial charge in [-0.15, -0.1) is 0 Å². The summed E-state index contributed by atoms with van der Waals surface area (Å²) < 4.78 is 1.15. The lowest BCUT2D eigenvalue weighted by atomic mass is 9.91. The molecule has 0 bridgehead atoms. The molecule has 0 saturated heterocycles. The highest BCUT2D eigenvalue weighted by Gasteiger charge is 2.15. The van der Waals surface area contributed by atoms with Crippen LogP contribution in [-0.4, -0.2) is 11.7 Å². The summed E-state index contributed by atoms with van der Waals surface area (Å²) in [5.41, 5.74) is 3.58. The Kier molecular flexibility index (Phi) is 2.51. The van der Waals surface area contributed by atoms with Crippen molar-refractivity contribution in [2.24, 2.45) is 0 Å². The third kappa shape index (κ3) is 1.56. The lowest BCUT2D eigenvalue weighted by molar-refractivity contribution is 0.349. The van der Waals surface area contributed by atoms with Gasteiger partial charge in [0.05, 0.1) is 6.61 Å². The number of hydrogen-bond acceptors (Lipinski definition) is 1. The first kappa shape index (κ1) is 8.97. The second-order valence-electron chi connectivity index (χ2n) is 3.20. The van der Waals surface area contributed by atoms with Gasteiger partial charge in [-0.25, -0.2) is 0 Å². The Bertz CT molecular complexity index is 355. The fourth-order valence-electron chi connectivity index (χ4n) is 1.75. The molecule has 1 aromatic rings. The number of aliphatic hydroxyl groups is 1. The van der Waals surface area contributed by atoms with Crippen molar-refractivity contribution in [2.75, 3.05) is 6.61 Å². The van der Waals surface area contributed by atoms with Crippen LogP contribution in [0.1, 0.15) is 17.5 Å². The lowest BCUT2D eigenvalue weighted by Crippen LogP contribution is -2.04. The maximum Gasteiger partial charge on any atom is 0.0695 e. The van der Waals surface area contributed by atoms with Crippen LogP contribution in [0, 0.1) is 0 Å². The molecule has 0 aromatic heterocycles. The summed E-state index contributed by atoms with van der Waals surface area (Å²) in [6.45, 7) is 0.123. The Labute approximate surface area is 86.2 Å². The van der Waals surface area contributed by atoms with E-state index in [0.29, 0.717) is 0 Å². The molecular weight excluding hydrogens is 228 g/mol. The van der Waals surface area contributed by atoms with E-state index in [2.05, 4.69) is 28.1 Å². The molecule has 0 unspecified atom stereocenters. The third-order valence-corrected chi connectivity index (χ3v) is 3.32. The van der Waals surface area contributed by atoms with Gasteiger partial charge in [0.2, 0.25) is 0 Å². The molecule has 1 nitrogen and oxygen atoms in total. The van der Waals surface area contributed by atoms with Gasteiger partial charge in [0.1, 0.15) is 0 Å². The van der Waals surface area contributed by atoms with Crippen LogP contribution in [-0.2, 0) is 6.42 Å². The van der Waals surface area contributed by atoms with Gasteiger partial charge in [0.15, 0.2) is 0 Å². The Morgan fingerprint density at radius 1 is 1.23 bits per heavy atom. The van der Waals surface area contributed by atoms with Crippen LogP contribution in [0.4, 0.5) is 0 Å². The number of aryl methyl sites for hydroxylation is 1. The van der Waals surface area contributed by atoms with Crippen molar-refractivity contribution in [3.63, 3.8) is 0 Å². The number of hydrogen-bond donors (Lipinski definition) is 1. The summed E-state index contributed by atoms with van der Waals surface area (Å²) in [5, 5.41) is 9.22. The normalized spacial score (nSPS) is 15.8. The number of benzene rings is 1. The van der Waals surface area contributed by atoms with Gasteiger partial charge in [0.25, 0.3) is 0 Å². The summed E-state index contributed by atoms with van der Waals surface area (Å²) in [5.74, 6) is 0. The molecular formula is C11H11BrO. The number of aliphatic hydroxyl groups excluding tert-OH is 1. The first-order chi connectivity index (χ1) is 6.33. The van der Waals surface area contributed by atoms with E-state index in [1.54, 1.807) is 0 Å². The van der Waals surface area contributed by atoms with E-state index in [1.807, 2.05) is 12.1 Å². The van der Waals surface area contributed by atoms with Gasteiger partial charge in [-0.3, -0.25) is 0 Å². The predicted octanol–water partition coefficient (Wildman–Crippen LogP) is 2.73. The van der Waals surface area contributed by atoms with Crippen LogP contribution < -0.4 is 0 Å². The second-order valence-corrected chi connectivity index (χ2v) is 4.16. The minimum Gasteiger partial charge on any atom is -0.392 e. The van der Waals surface area contributed by atoms with Crippen LogP contribution in [0.15, 0.2) is 28.7 Å². The molecule has 0 atom stereocenters. The zero-order valence-corrected chi connectivity index (χ0v) is 8.84. The van der Waals surface area contributed by atoms with Crippen LogP contribution in [0.25, 0.3) is 5.57 Å². The van der Waals surface area contributed by atoms with Crippen LogP contribution >= 0.6 is 15.9 Å². The SMILES string of the molecule is OCC1=C(Br)CCc2ccccc21. The second kappa shape index (κ2) is 3.64. The highest BCUT2D eigenvalue weighted by atomic mass is 79.9. The summed E-state index contributed by atoms with van der Waals surface area (Å²) >= 11 is 3.50. The average molecular weight is 239 g/mol. The first-order valence-electron chi connectivity index (χ1n) is 4.39. The maximum atomic E-state index is 9.22. The highest BCUT2D eigenvalue weighted by molar-refractivity contribution is 9.11. The highest BCUT2D eigenvalue weighted by Crippen LogP contribution is 2.33. The molecule has 1 aliphatic carbocycles. The van der Waals surface area contributed by atoms with E-state index in [4.69, 9.17) is 0 Å². The number of halogens is 1. The number of allylic oxidation sites excluding steroid dienone is 1. The van der Waals surface area contributed by atoms with Crippen LogP contribution in [0.5, 0.6) is 0 Å². The summed E-state index contributed by atoms with van der Waals surface area (Å²) in [6, 6.07) is 8.26. The molecule has 0 heterocycles. The molecule has 0 saturated carbocycles. The molecule has 0 aliphatic heterocycles. The van der Waals surface area contributed by atoms with E-state index < -0.39 is 0 Å². The molecule has 2 rings (SSSR count). The van der Waals surface area contributed by atoms with Gasteiger partial charge in [-0.05, 0) is 29.5 Å². The smallest absolute Gasteiger partial charge is 0.0695 e. The largest absolute Gasteiger partial charge is 0.392 e. The molecule has 0 spiro atoms. The Hall–Kier alpha value is -0.600. The van der Waals surface area contributed by atoms with Gasteiger partial charge >= 0.3 is 0 Å². The van der Waals surface area contributed by atoms with E-state index in [-0.39, 0.29) is 6.61 Å². The standard InChI is InChI=1S/C11H11BrO/c12-11-6-5-8-3-1-2-4-9(8)10(11)7-13/h1-4,13H,5-7H2. The van der Waals surface area contributed by atoms with Crippen molar-refractivity contribution < 1.29 is 5.11 Å². The number of rotatable bonds is 1. The average Bonchev–Trinajstić information content (AvgIpc) is 2.18. The topological polar surface area (TPSA) is 20.2 Å². The molecule has 0 radical (unpaired) electrons. The van der Waals surface area contributed by atoms with Crippen molar-refractivity contribution in [3.05, 3.63) is 39.9 Å². The van der Waals surface area contributed by atoms with Gasteiger partial charge in [-0.1, -0.05) is 40.2 Å². The fourth-order valence-corrected chi connectivity index (χ4v) is 2.28. The molecule has 2 heteroatoms. The Morgan fingerprint density at radius 3 is 2.77 bits per heavy atom. The van der Waals surface area contributed by atoms with Crippen molar-refractivity contribution >= 4 is 21.5 Å². The minimum absolute atomic E-state index is 0.123. The molecule has 1 aromatic carbocycles. The third-order valence-electron chi connectivity index (χ3n) is 2.44. The summed E-state index contributed by atoms with van der Waals surface area (Å²) in [6.07, 6.45) is 2.08. The summed E-state index contributed by atoms with van der Waals surface area (Å²) in [4.78, 5) is 0. The van der Waals surface area contributed by atoms with E-state index in [0.717, 1.165) is 22.9 Å². The lowest BCUT2D eigenvalue weighted by Gasteiger charge is -2.18. The van der Waals surface area contributed by atoms with E-state index in [1.165, 1.54) is 11.1 Å². The molecule has 13 heavy (non-hydrogen) atoms. The van der Waals surface area contributed by atoms with Gasteiger partial charge in [-0.2, -0.15) is 0 Å². The van der Waals surface area contributed by atoms with Crippen molar-refractivity contribution in [1.82, 2.24) is 0 Å². The van der Waals surface area contributed by atoms with Gasteiger partial charge in [0, 0.05) is 4.48 Å². The van der Waals surface area contributed by atoms with Crippen molar-refractivity contribution in [1.29, 1.82) is 0 Å². The Morgan fingerprint density at radius 2 is 2.00 bits per heavy atom. The molecule has 1 N–H and O–H groups in total. The monoisotopic (exact) mass is 238 g/mol. The molecule has 1 aliphatic rings. The van der Waals surface area contributed by atoms with Gasteiger partial charge < -0.3 is 5.11 Å². The van der Waals surface area contributed by atoms with Crippen molar-refractivity contribution in [2.45, 2.75) is 12.8 Å².